The smallest absolute Gasteiger partial charge is 0.269 e. The third kappa shape index (κ3) is 3.80. The number of nitrogens with zero attached hydrogens (tertiary/aromatic N) is 2. The van der Waals surface area contributed by atoms with Gasteiger partial charge in [0.1, 0.15) is 12.4 Å². The molecule has 1 spiro atoms. The summed E-state index contributed by atoms with van der Waals surface area (Å²) in [6, 6.07) is 16.8. The van der Waals surface area contributed by atoms with E-state index in [1.807, 2.05) is 6.92 Å². The number of anilines is 1. The summed E-state index contributed by atoms with van der Waals surface area (Å²) in [5.74, 6) is -0.495. The normalized spacial score (nSPS) is 24.4. The van der Waals surface area contributed by atoms with E-state index in [2.05, 4.69) is 26.6 Å². The van der Waals surface area contributed by atoms with Crippen molar-refractivity contribution in [1.29, 1.82) is 0 Å². The maximum absolute atomic E-state index is 13.1. The molecule has 0 saturated carbocycles. The van der Waals surface area contributed by atoms with Crippen molar-refractivity contribution in [2.75, 3.05) is 5.32 Å². The molecule has 11 heteroatoms. The number of carbonyl (C=O) groups excluding carboxylic acids is 1. The average molecular weight is 553 g/mol. The van der Waals surface area contributed by atoms with Gasteiger partial charge in [-0.25, -0.2) is 0 Å². The molecular formula is C25H21BrN4O6. The molecule has 1 amide bonds. The highest BCUT2D eigenvalue weighted by Crippen LogP contribution is 2.50. The van der Waals surface area contributed by atoms with Crippen molar-refractivity contribution in [2.45, 2.75) is 37.1 Å². The van der Waals surface area contributed by atoms with E-state index in [1.165, 1.54) is 12.1 Å². The van der Waals surface area contributed by atoms with Crippen LogP contribution in [0.1, 0.15) is 29.5 Å². The molecular weight excluding hydrogens is 532 g/mol. The molecule has 3 aromatic carbocycles. The number of halogens is 1. The Hall–Kier alpha value is -3.83. The van der Waals surface area contributed by atoms with E-state index in [1.54, 1.807) is 54.6 Å². The van der Waals surface area contributed by atoms with Gasteiger partial charge in [-0.05, 0) is 64.3 Å². The zero-order valence-corrected chi connectivity index (χ0v) is 20.6. The van der Waals surface area contributed by atoms with Gasteiger partial charge in [-0.1, -0.05) is 24.3 Å². The maximum Gasteiger partial charge on any atom is 0.269 e. The second-order valence-corrected chi connectivity index (χ2v) is 9.75. The van der Waals surface area contributed by atoms with Crippen LogP contribution in [0.25, 0.3) is 0 Å². The summed E-state index contributed by atoms with van der Waals surface area (Å²) in [5.41, 5.74) is 1.13. The Morgan fingerprint density at radius 2 is 1.78 bits per heavy atom. The Morgan fingerprint density at radius 1 is 1.06 bits per heavy atom. The van der Waals surface area contributed by atoms with Gasteiger partial charge in [0.15, 0.2) is 5.54 Å². The fourth-order valence-corrected chi connectivity index (χ4v) is 5.78. The van der Waals surface area contributed by atoms with Gasteiger partial charge < -0.3 is 10.1 Å². The minimum Gasteiger partial charge on any atom is -0.488 e. The zero-order valence-electron chi connectivity index (χ0n) is 19.0. The number of nitro benzene ring substituents is 1. The van der Waals surface area contributed by atoms with Gasteiger partial charge in [-0.2, -0.15) is 0 Å². The van der Waals surface area contributed by atoms with Gasteiger partial charge in [-0.3, -0.25) is 30.3 Å². The summed E-state index contributed by atoms with van der Waals surface area (Å²) in [6.07, 6.45) is 0. The summed E-state index contributed by atoms with van der Waals surface area (Å²) in [7, 11) is 0. The minimum atomic E-state index is -1.47. The SMILES string of the molecule is C[C@@H]1N[C@]2(C(=O)Nc3ccccc32)[C@H]([N+](=O)[O-])[C@H]1c1ccc(OCc2ccc([N+](=O)[O-])cc2)c(Br)c1. The van der Waals surface area contributed by atoms with E-state index in [9.17, 15) is 25.0 Å². The number of non-ortho nitro benzene ring substituents is 1. The molecule has 2 aliphatic rings. The van der Waals surface area contributed by atoms with Crippen molar-refractivity contribution in [3.8, 4) is 5.75 Å². The molecule has 36 heavy (non-hydrogen) atoms. The number of hydrogen-bond acceptors (Lipinski definition) is 7. The lowest BCUT2D eigenvalue weighted by Gasteiger charge is -2.25. The van der Waals surface area contributed by atoms with Crippen molar-refractivity contribution in [2.24, 2.45) is 0 Å². The number of ether oxygens (including phenoxy) is 1. The molecule has 10 nitrogen and oxygen atoms in total. The van der Waals surface area contributed by atoms with E-state index in [4.69, 9.17) is 4.74 Å². The van der Waals surface area contributed by atoms with Gasteiger partial charge in [0.2, 0.25) is 0 Å². The van der Waals surface area contributed by atoms with Crippen molar-refractivity contribution >= 4 is 33.2 Å². The molecule has 0 radical (unpaired) electrons. The molecule has 3 aromatic rings. The molecule has 0 unspecified atom stereocenters. The lowest BCUT2D eigenvalue weighted by Crippen LogP contribution is -2.54. The Morgan fingerprint density at radius 3 is 2.44 bits per heavy atom. The van der Waals surface area contributed by atoms with Crippen LogP contribution < -0.4 is 15.4 Å². The fourth-order valence-electron chi connectivity index (χ4n) is 5.27. The molecule has 0 aromatic heterocycles. The highest BCUT2D eigenvalue weighted by molar-refractivity contribution is 9.10. The van der Waals surface area contributed by atoms with Crippen LogP contribution in [0.15, 0.2) is 71.2 Å². The highest BCUT2D eigenvalue weighted by atomic mass is 79.9. The Labute approximate surface area is 214 Å². The van der Waals surface area contributed by atoms with Gasteiger partial charge >= 0.3 is 0 Å². The minimum absolute atomic E-state index is 0.000241. The van der Waals surface area contributed by atoms with Crippen LogP contribution in [0.4, 0.5) is 11.4 Å². The average Bonchev–Trinajstić information content (AvgIpc) is 3.32. The van der Waals surface area contributed by atoms with E-state index in [0.29, 0.717) is 27.0 Å². The first-order valence-corrected chi connectivity index (χ1v) is 12.0. The summed E-state index contributed by atoms with van der Waals surface area (Å²) in [4.78, 5) is 35.6. The lowest BCUT2D eigenvalue weighted by atomic mass is 9.78. The molecule has 2 heterocycles. The molecule has 1 fully saturated rings. The monoisotopic (exact) mass is 552 g/mol. The third-order valence-corrected chi connectivity index (χ3v) is 7.47. The molecule has 0 aliphatic carbocycles. The Balaban J connectivity index is 1.42. The van der Waals surface area contributed by atoms with Crippen LogP contribution in [-0.4, -0.2) is 27.8 Å². The molecule has 0 bridgehead atoms. The number of amides is 1. The first-order chi connectivity index (χ1) is 17.2. The second kappa shape index (κ2) is 8.99. The largest absolute Gasteiger partial charge is 0.488 e. The van der Waals surface area contributed by atoms with Crippen LogP contribution >= 0.6 is 15.9 Å². The number of benzene rings is 3. The molecule has 1 saturated heterocycles. The van der Waals surface area contributed by atoms with E-state index in [0.717, 1.165) is 5.56 Å². The first-order valence-electron chi connectivity index (χ1n) is 11.2. The van der Waals surface area contributed by atoms with E-state index >= 15 is 0 Å². The van der Waals surface area contributed by atoms with Crippen LogP contribution in [-0.2, 0) is 16.9 Å². The summed E-state index contributed by atoms with van der Waals surface area (Å²) in [6.45, 7) is 2.03. The topological polar surface area (TPSA) is 137 Å². The Kier molecular flexibility index (Phi) is 5.97. The number of carbonyl (C=O) groups is 1. The van der Waals surface area contributed by atoms with Gasteiger partial charge in [0, 0.05) is 34.3 Å². The van der Waals surface area contributed by atoms with Crippen molar-refractivity contribution < 1.29 is 19.4 Å². The summed E-state index contributed by atoms with van der Waals surface area (Å²) < 4.78 is 6.47. The standard InChI is InChI=1S/C25H21BrN4O6/c1-14-22(23(30(34)35)25(28-14)18-4-2-3-5-20(18)27-24(25)31)16-8-11-21(19(26)12-16)36-13-15-6-9-17(10-7-15)29(32)33/h2-12,14,22-23,28H,13H2,1H3,(H,27,31)/t14-,22+,23+,25-/m0/s1. The van der Waals surface area contributed by atoms with Gasteiger partial charge in [-0.15, -0.1) is 0 Å². The molecule has 184 valence electrons. The molecule has 2 aliphatic heterocycles. The number of nitrogens with one attached hydrogen (secondary N) is 2. The number of para-hydroxylation sites is 1. The van der Waals surface area contributed by atoms with Gasteiger partial charge in [0.25, 0.3) is 17.6 Å². The van der Waals surface area contributed by atoms with Crippen LogP contribution in [0.5, 0.6) is 5.75 Å². The van der Waals surface area contributed by atoms with Crippen molar-refractivity contribution in [3.63, 3.8) is 0 Å². The van der Waals surface area contributed by atoms with Crippen molar-refractivity contribution in [3.05, 3.63) is 108 Å². The highest BCUT2D eigenvalue weighted by Gasteiger charge is 2.67. The summed E-state index contributed by atoms with van der Waals surface area (Å²) >= 11 is 3.50. The third-order valence-electron chi connectivity index (χ3n) is 6.85. The van der Waals surface area contributed by atoms with Crippen molar-refractivity contribution in [1.82, 2.24) is 5.32 Å². The molecule has 2 N–H and O–H groups in total. The molecule has 4 atom stereocenters. The number of fused-ring (bicyclic) bond motifs is 2. The number of nitro groups is 2. The first kappa shape index (κ1) is 23.9. The van der Waals surface area contributed by atoms with Gasteiger partial charge in [0.05, 0.1) is 15.3 Å². The maximum atomic E-state index is 13.1. The van der Waals surface area contributed by atoms with Crippen LogP contribution in [0, 0.1) is 20.2 Å². The van der Waals surface area contributed by atoms with E-state index in [-0.39, 0.29) is 23.3 Å². The zero-order chi connectivity index (χ0) is 25.6. The fraction of sp³-hybridized carbons (Fsp3) is 0.240. The van der Waals surface area contributed by atoms with Crippen LogP contribution in [0.2, 0.25) is 0 Å². The Bertz CT molecular complexity index is 1380. The summed E-state index contributed by atoms with van der Waals surface area (Å²) in [5, 5.41) is 29.3. The quantitative estimate of drug-likeness (QED) is 0.339. The number of rotatable bonds is 6. The lowest BCUT2D eigenvalue weighted by molar-refractivity contribution is -0.532. The predicted molar refractivity (Wildman–Crippen MR) is 134 cm³/mol. The van der Waals surface area contributed by atoms with E-state index < -0.39 is 28.3 Å². The predicted octanol–water partition coefficient (Wildman–Crippen LogP) is 4.50. The second-order valence-electron chi connectivity index (χ2n) is 8.90. The van der Waals surface area contributed by atoms with Crippen LogP contribution in [0.3, 0.4) is 0 Å². The molecule has 5 rings (SSSR count). The number of hydrogen-bond donors (Lipinski definition) is 2.